The third-order valence-corrected chi connectivity index (χ3v) is 6.80. The smallest absolute Gasteiger partial charge is 0.273 e. The first-order chi connectivity index (χ1) is 16.1. The van der Waals surface area contributed by atoms with Crippen molar-refractivity contribution in [2.24, 2.45) is 7.05 Å². The van der Waals surface area contributed by atoms with Crippen LogP contribution in [0.25, 0.3) is 10.9 Å². The Morgan fingerprint density at radius 3 is 2.65 bits per heavy atom. The summed E-state index contributed by atoms with van der Waals surface area (Å²) < 4.78 is 1.55. The lowest BCUT2D eigenvalue weighted by Crippen LogP contribution is -2.54. The van der Waals surface area contributed by atoms with E-state index < -0.39 is 4.92 Å². The van der Waals surface area contributed by atoms with E-state index in [0.717, 1.165) is 0 Å². The molecule has 2 atom stereocenters. The molecule has 1 aromatic heterocycles. The average molecular weight is 484 g/mol. The lowest BCUT2D eigenvalue weighted by atomic mass is 10.1. The summed E-state index contributed by atoms with van der Waals surface area (Å²) in [5.74, 6) is 0.414. The summed E-state index contributed by atoms with van der Waals surface area (Å²) in [6.45, 7) is 7.22. The second kappa shape index (κ2) is 9.15. The van der Waals surface area contributed by atoms with Gasteiger partial charge >= 0.3 is 0 Å². The van der Waals surface area contributed by atoms with Gasteiger partial charge in [0, 0.05) is 54.9 Å². The number of benzene rings is 2. The van der Waals surface area contributed by atoms with E-state index in [4.69, 9.17) is 16.6 Å². The van der Waals surface area contributed by atoms with Crippen LogP contribution in [-0.4, -0.2) is 55.9 Å². The molecule has 2 unspecified atom stereocenters. The minimum Gasteiger partial charge on any atom is -0.333 e. The molecule has 34 heavy (non-hydrogen) atoms. The molecule has 178 valence electrons. The minimum absolute atomic E-state index is 0.0599. The zero-order valence-electron chi connectivity index (χ0n) is 19.5. The van der Waals surface area contributed by atoms with Crippen LogP contribution in [-0.2, 0) is 7.05 Å². The maximum atomic E-state index is 13.1. The van der Waals surface area contributed by atoms with E-state index in [2.05, 4.69) is 4.90 Å². The fraction of sp³-hybridized carbons (Fsp3) is 0.375. The number of carbonyl (C=O) groups excluding carboxylic acids is 1. The maximum absolute atomic E-state index is 13.1. The van der Waals surface area contributed by atoms with Crippen LogP contribution in [0.15, 0.2) is 41.2 Å². The average Bonchev–Trinajstić information content (AvgIpc) is 2.81. The van der Waals surface area contributed by atoms with Crippen molar-refractivity contribution in [3.63, 3.8) is 0 Å². The first-order valence-corrected chi connectivity index (χ1v) is 11.4. The summed E-state index contributed by atoms with van der Waals surface area (Å²) in [7, 11) is 1.70. The molecule has 0 spiro atoms. The van der Waals surface area contributed by atoms with Gasteiger partial charge in [0.1, 0.15) is 5.82 Å². The number of nitrogens with zero attached hydrogens (tertiary/aromatic N) is 5. The van der Waals surface area contributed by atoms with Crippen molar-refractivity contribution in [2.75, 3.05) is 19.6 Å². The number of aryl methyl sites for hydroxylation is 1. The first-order valence-electron chi connectivity index (χ1n) is 11.0. The van der Waals surface area contributed by atoms with Crippen molar-refractivity contribution in [3.05, 3.63) is 78.8 Å². The monoisotopic (exact) mass is 483 g/mol. The zero-order chi connectivity index (χ0) is 24.7. The molecule has 10 heteroatoms. The van der Waals surface area contributed by atoms with Gasteiger partial charge < -0.3 is 4.90 Å². The van der Waals surface area contributed by atoms with Crippen molar-refractivity contribution in [1.82, 2.24) is 19.4 Å². The molecule has 0 N–H and O–H groups in total. The molecule has 3 aromatic rings. The highest BCUT2D eigenvalue weighted by atomic mass is 35.5. The summed E-state index contributed by atoms with van der Waals surface area (Å²) in [5.41, 5.74) is 1.21. The molecule has 1 fully saturated rings. The molecule has 1 aliphatic heterocycles. The molecule has 1 aliphatic rings. The fourth-order valence-electron chi connectivity index (χ4n) is 4.54. The number of rotatable bonds is 4. The maximum Gasteiger partial charge on any atom is 0.273 e. The molecule has 4 rings (SSSR count). The molecule has 2 heterocycles. The molecular formula is C24H26ClN5O4. The highest BCUT2D eigenvalue weighted by Crippen LogP contribution is 2.26. The SMILES string of the molecule is Cc1ccc(C(=O)N2CCN(C(C)c3nc4ccc(Cl)cc4c(=O)n3C)CC2C)cc1[N+](=O)[O-]. The van der Waals surface area contributed by atoms with Gasteiger partial charge in [-0.2, -0.15) is 0 Å². The van der Waals surface area contributed by atoms with Gasteiger partial charge in [0.25, 0.3) is 17.2 Å². The van der Waals surface area contributed by atoms with E-state index in [0.29, 0.717) is 52.5 Å². The summed E-state index contributed by atoms with van der Waals surface area (Å²) in [6, 6.07) is 9.39. The molecule has 1 saturated heterocycles. The molecule has 0 saturated carbocycles. The number of fused-ring (bicyclic) bond motifs is 1. The lowest BCUT2D eigenvalue weighted by Gasteiger charge is -2.42. The normalized spacial score (nSPS) is 17.7. The van der Waals surface area contributed by atoms with E-state index in [1.165, 1.54) is 6.07 Å². The minimum atomic E-state index is -0.468. The number of aromatic nitrogens is 2. The van der Waals surface area contributed by atoms with Crippen molar-refractivity contribution >= 4 is 34.1 Å². The van der Waals surface area contributed by atoms with Crippen LogP contribution >= 0.6 is 11.6 Å². The summed E-state index contributed by atoms with van der Waals surface area (Å²) >= 11 is 6.05. The summed E-state index contributed by atoms with van der Waals surface area (Å²) in [4.78, 5) is 45.5. The van der Waals surface area contributed by atoms with Crippen molar-refractivity contribution in [2.45, 2.75) is 32.9 Å². The molecule has 0 bridgehead atoms. The number of nitro benzene ring substituents is 1. The van der Waals surface area contributed by atoms with Gasteiger partial charge in [-0.05, 0) is 45.0 Å². The fourth-order valence-corrected chi connectivity index (χ4v) is 4.71. The summed E-state index contributed by atoms with van der Waals surface area (Å²) in [5, 5.41) is 12.2. The lowest BCUT2D eigenvalue weighted by molar-refractivity contribution is -0.385. The number of piperazine rings is 1. The Bertz CT molecular complexity index is 1360. The molecule has 9 nitrogen and oxygen atoms in total. The standard InChI is InChI=1S/C24H26ClN5O4/c1-14-5-6-17(11-21(14)30(33)34)23(31)29-10-9-28(13-15(29)2)16(3)22-26-20-8-7-18(25)12-19(20)24(32)27(22)4/h5-8,11-12,15-16H,9-10,13H2,1-4H3. The van der Waals surface area contributed by atoms with Gasteiger partial charge in [-0.3, -0.25) is 29.2 Å². The van der Waals surface area contributed by atoms with E-state index in [1.54, 1.807) is 53.8 Å². The van der Waals surface area contributed by atoms with E-state index in [9.17, 15) is 19.7 Å². The summed E-state index contributed by atoms with van der Waals surface area (Å²) in [6.07, 6.45) is 0. The van der Waals surface area contributed by atoms with Crippen molar-refractivity contribution < 1.29 is 9.72 Å². The van der Waals surface area contributed by atoms with Gasteiger partial charge in [0.15, 0.2) is 0 Å². The molecule has 0 radical (unpaired) electrons. The Morgan fingerprint density at radius 2 is 1.97 bits per heavy atom. The zero-order valence-corrected chi connectivity index (χ0v) is 20.2. The third-order valence-electron chi connectivity index (χ3n) is 6.57. The second-order valence-electron chi connectivity index (χ2n) is 8.77. The largest absolute Gasteiger partial charge is 0.333 e. The highest BCUT2D eigenvalue weighted by Gasteiger charge is 2.32. The van der Waals surface area contributed by atoms with E-state index in [1.807, 2.05) is 13.8 Å². The number of halogens is 1. The van der Waals surface area contributed by atoms with Gasteiger partial charge in [-0.25, -0.2) is 4.98 Å². The molecular weight excluding hydrogens is 458 g/mol. The third kappa shape index (κ3) is 4.28. The number of hydrogen-bond acceptors (Lipinski definition) is 6. The van der Waals surface area contributed by atoms with Crippen LogP contribution in [0.1, 0.15) is 41.6 Å². The number of amides is 1. The van der Waals surface area contributed by atoms with Crippen molar-refractivity contribution in [1.29, 1.82) is 0 Å². The Morgan fingerprint density at radius 1 is 1.24 bits per heavy atom. The van der Waals surface area contributed by atoms with Crippen LogP contribution in [0.3, 0.4) is 0 Å². The van der Waals surface area contributed by atoms with Gasteiger partial charge in [-0.1, -0.05) is 17.7 Å². The van der Waals surface area contributed by atoms with Gasteiger partial charge in [-0.15, -0.1) is 0 Å². The predicted octanol–water partition coefficient (Wildman–Crippen LogP) is 3.71. The Labute approximate surface area is 201 Å². The van der Waals surface area contributed by atoms with E-state index in [-0.39, 0.29) is 29.2 Å². The second-order valence-corrected chi connectivity index (χ2v) is 9.21. The van der Waals surface area contributed by atoms with Gasteiger partial charge in [0.2, 0.25) is 0 Å². The van der Waals surface area contributed by atoms with E-state index >= 15 is 0 Å². The van der Waals surface area contributed by atoms with Crippen LogP contribution in [0.5, 0.6) is 0 Å². The Kier molecular flexibility index (Phi) is 6.42. The number of nitro groups is 1. The van der Waals surface area contributed by atoms with Crippen LogP contribution in [0.4, 0.5) is 5.69 Å². The molecule has 0 aliphatic carbocycles. The Balaban J connectivity index is 1.55. The van der Waals surface area contributed by atoms with Gasteiger partial charge in [0.05, 0.1) is 21.9 Å². The first kappa shape index (κ1) is 23.8. The number of carbonyl (C=O) groups is 1. The topological polar surface area (TPSA) is 102 Å². The molecule has 2 aromatic carbocycles. The number of hydrogen-bond donors (Lipinski definition) is 0. The highest BCUT2D eigenvalue weighted by molar-refractivity contribution is 6.31. The van der Waals surface area contributed by atoms with Crippen molar-refractivity contribution in [3.8, 4) is 0 Å². The Hall–Kier alpha value is -3.30. The predicted molar refractivity (Wildman–Crippen MR) is 130 cm³/mol. The van der Waals surface area contributed by atoms with Crippen LogP contribution in [0, 0.1) is 17.0 Å². The van der Waals surface area contributed by atoms with Crippen LogP contribution < -0.4 is 5.56 Å². The quantitative estimate of drug-likeness (QED) is 0.414. The molecule has 1 amide bonds. The van der Waals surface area contributed by atoms with Crippen LogP contribution in [0.2, 0.25) is 5.02 Å².